The van der Waals surface area contributed by atoms with Crippen molar-refractivity contribution in [1.82, 2.24) is 19.8 Å². The molecule has 2 heterocycles. The maximum atomic E-state index is 12.0. The number of amides is 2. The Hall–Kier alpha value is -1.56. The molecule has 6 nitrogen and oxygen atoms in total. The summed E-state index contributed by atoms with van der Waals surface area (Å²) in [5.41, 5.74) is 1.60. The number of aromatic nitrogens is 2. The molecule has 1 aromatic heterocycles. The molecule has 1 aliphatic heterocycles. The van der Waals surface area contributed by atoms with Crippen LogP contribution in [0.2, 0.25) is 0 Å². The van der Waals surface area contributed by atoms with Crippen molar-refractivity contribution in [3.8, 4) is 0 Å². The molecule has 0 spiro atoms. The van der Waals surface area contributed by atoms with Crippen LogP contribution < -0.4 is 5.32 Å². The number of nitrogens with one attached hydrogen (secondary N) is 1. The summed E-state index contributed by atoms with van der Waals surface area (Å²) in [7, 11) is 0. The van der Waals surface area contributed by atoms with Gasteiger partial charge in [0.25, 0.3) is 0 Å². The minimum atomic E-state index is -0.0814. The van der Waals surface area contributed by atoms with Gasteiger partial charge >= 0.3 is 6.03 Å². The van der Waals surface area contributed by atoms with Gasteiger partial charge in [0.1, 0.15) is 0 Å². The SMILES string of the molecule is CC(C)NC(=O)N1CCCn2cnc(CO)c2C1. The molecule has 0 fully saturated rings. The Morgan fingerprint density at radius 2 is 2.33 bits per heavy atom. The van der Waals surface area contributed by atoms with Crippen LogP contribution >= 0.6 is 0 Å². The number of rotatable bonds is 2. The molecule has 0 saturated carbocycles. The van der Waals surface area contributed by atoms with Crippen molar-refractivity contribution in [3.05, 3.63) is 17.7 Å². The summed E-state index contributed by atoms with van der Waals surface area (Å²) < 4.78 is 2.02. The van der Waals surface area contributed by atoms with Crippen LogP contribution in [0.25, 0.3) is 0 Å². The van der Waals surface area contributed by atoms with Crippen molar-refractivity contribution in [2.24, 2.45) is 0 Å². The molecular weight excluding hydrogens is 232 g/mol. The Bertz CT molecular complexity index is 428. The van der Waals surface area contributed by atoms with Crippen LogP contribution in [0.1, 0.15) is 31.7 Å². The van der Waals surface area contributed by atoms with Crippen LogP contribution in [0.15, 0.2) is 6.33 Å². The van der Waals surface area contributed by atoms with Crippen molar-refractivity contribution in [2.45, 2.75) is 46.0 Å². The van der Waals surface area contributed by atoms with Gasteiger partial charge in [0, 0.05) is 19.1 Å². The number of carbonyl (C=O) groups is 1. The summed E-state index contributed by atoms with van der Waals surface area (Å²) in [5.74, 6) is 0. The molecule has 1 aromatic rings. The zero-order valence-corrected chi connectivity index (χ0v) is 10.9. The Labute approximate surface area is 107 Å². The number of hydrogen-bond acceptors (Lipinski definition) is 3. The first kappa shape index (κ1) is 12.9. The highest BCUT2D eigenvalue weighted by atomic mass is 16.3. The van der Waals surface area contributed by atoms with E-state index in [9.17, 15) is 9.90 Å². The Morgan fingerprint density at radius 1 is 1.56 bits per heavy atom. The second kappa shape index (κ2) is 5.39. The van der Waals surface area contributed by atoms with Crippen LogP contribution in [0.3, 0.4) is 0 Å². The quantitative estimate of drug-likeness (QED) is 0.814. The molecule has 0 bridgehead atoms. The molecule has 2 N–H and O–H groups in total. The molecule has 0 aromatic carbocycles. The number of aryl methyl sites for hydroxylation is 1. The van der Waals surface area contributed by atoms with Gasteiger partial charge in [0.15, 0.2) is 0 Å². The van der Waals surface area contributed by atoms with Crippen LogP contribution in [0, 0.1) is 0 Å². The first-order valence-electron chi connectivity index (χ1n) is 6.31. The van der Waals surface area contributed by atoms with E-state index in [1.807, 2.05) is 18.4 Å². The third-order valence-electron chi connectivity index (χ3n) is 3.05. The molecule has 2 rings (SSSR count). The van der Waals surface area contributed by atoms with Crippen LogP contribution in [0.4, 0.5) is 4.79 Å². The lowest BCUT2D eigenvalue weighted by molar-refractivity contribution is 0.192. The van der Waals surface area contributed by atoms with E-state index in [1.54, 1.807) is 11.2 Å². The van der Waals surface area contributed by atoms with Crippen molar-refractivity contribution >= 4 is 6.03 Å². The summed E-state index contributed by atoms with van der Waals surface area (Å²) in [5, 5.41) is 12.1. The highest BCUT2D eigenvalue weighted by molar-refractivity contribution is 5.74. The summed E-state index contributed by atoms with van der Waals surface area (Å²) >= 11 is 0. The standard InChI is InChI=1S/C12H20N4O2/c1-9(2)14-12(18)15-4-3-5-16-8-13-10(7-17)11(16)6-15/h8-9,17H,3-7H2,1-2H3,(H,14,18). The van der Waals surface area contributed by atoms with E-state index in [-0.39, 0.29) is 18.7 Å². The van der Waals surface area contributed by atoms with Gasteiger partial charge in [-0.1, -0.05) is 0 Å². The third kappa shape index (κ3) is 2.64. The van der Waals surface area contributed by atoms with Gasteiger partial charge in [-0.2, -0.15) is 0 Å². The second-order valence-electron chi connectivity index (χ2n) is 4.87. The summed E-state index contributed by atoms with van der Waals surface area (Å²) in [4.78, 5) is 18.0. The molecule has 18 heavy (non-hydrogen) atoms. The number of aliphatic hydroxyl groups is 1. The Balaban J connectivity index is 2.14. The maximum absolute atomic E-state index is 12.0. The van der Waals surface area contributed by atoms with Gasteiger partial charge in [-0.15, -0.1) is 0 Å². The zero-order chi connectivity index (χ0) is 13.1. The molecule has 100 valence electrons. The fraction of sp³-hybridized carbons (Fsp3) is 0.667. The van der Waals surface area contributed by atoms with Crippen molar-refractivity contribution < 1.29 is 9.90 Å². The molecule has 2 amide bonds. The second-order valence-corrected chi connectivity index (χ2v) is 4.87. The molecule has 0 atom stereocenters. The molecule has 0 saturated heterocycles. The van der Waals surface area contributed by atoms with Crippen LogP contribution in [-0.2, 0) is 19.7 Å². The lowest BCUT2D eigenvalue weighted by Crippen LogP contribution is -2.42. The molecule has 1 aliphatic rings. The predicted molar refractivity (Wildman–Crippen MR) is 66.8 cm³/mol. The van der Waals surface area contributed by atoms with E-state index in [2.05, 4.69) is 10.3 Å². The number of hydrogen-bond donors (Lipinski definition) is 2. The van der Waals surface area contributed by atoms with Gasteiger partial charge in [-0.25, -0.2) is 9.78 Å². The first-order valence-corrected chi connectivity index (χ1v) is 6.31. The zero-order valence-electron chi connectivity index (χ0n) is 10.9. The fourth-order valence-corrected chi connectivity index (χ4v) is 2.16. The Kier molecular flexibility index (Phi) is 3.86. The minimum absolute atomic E-state index is 0.0523. The maximum Gasteiger partial charge on any atom is 0.317 e. The largest absolute Gasteiger partial charge is 0.390 e. The van der Waals surface area contributed by atoms with Crippen LogP contribution in [0.5, 0.6) is 0 Å². The van der Waals surface area contributed by atoms with Gasteiger partial charge in [0.2, 0.25) is 0 Å². The summed E-state index contributed by atoms with van der Waals surface area (Å²) in [6.07, 6.45) is 2.64. The number of carbonyl (C=O) groups excluding carboxylic acids is 1. The highest BCUT2D eigenvalue weighted by Crippen LogP contribution is 2.16. The Morgan fingerprint density at radius 3 is 3.00 bits per heavy atom. The molecule has 6 heteroatoms. The van der Waals surface area contributed by atoms with Crippen molar-refractivity contribution in [2.75, 3.05) is 6.54 Å². The number of aliphatic hydroxyl groups excluding tert-OH is 1. The summed E-state index contributed by atoms with van der Waals surface area (Å²) in [6, 6.07) is 0.0755. The van der Waals surface area contributed by atoms with E-state index in [4.69, 9.17) is 0 Å². The van der Waals surface area contributed by atoms with Crippen molar-refractivity contribution in [3.63, 3.8) is 0 Å². The van der Waals surface area contributed by atoms with E-state index in [0.717, 1.165) is 25.2 Å². The summed E-state index contributed by atoms with van der Waals surface area (Å²) in [6.45, 7) is 5.88. The van der Waals surface area contributed by atoms with E-state index < -0.39 is 0 Å². The number of imidazole rings is 1. The number of nitrogens with zero attached hydrogens (tertiary/aromatic N) is 3. The van der Waals surface area contributed by atoms with E-state index in [1.165, 1.54) is 0 Å². The first-order chi connectivity index (χ1) is 8.61. The fourth-order valence-electron chi connectivity index (χ4n) is 2.16. The van der Waals surface area contributed by atoms with Gasteiger partial charge in [-0.05, 0) is 20.3 Å². The smallest absolute Gasteiger partial charge is 0.317 e. The van der Waals surface area contributed by atoms with E-state index >= 15 is 0 Å². The average Bonchev–Trinajstić information content (AvgIpc) is 2.56. The lowest BCUT2D eigenvalue weighted by atomic mass is 10.3. The number of fused-ring (bicyclic) bond motifs is 1. The van der Waals surface area contributed by atoms with E-state index in [0.29, 0.717) is 12.2 Å². The topological polar surface area (TPSA) is 70.4 Å². The third-order valence-corrected chi connectivity index (χ3v) is 3.05. The molecule has 0 aliphatic carbocycles. The monoisotopic (exact) mass is 252 g/mol. The van der Waals surface area contributed by atoms with Gasteiger partial charge in [-0.3, -0.25) is 0 Å². The average molecular weight is 252 g/mol. The van der Waals surface area contributed by atoms with Gasteiger partial charge in [0.05, 0.1) is 30.9 Å². The van der Waals surface area contributed by atoms with Crippen LogP contribution in [-0.4, -0.2) is 38.2 Å². The minimum Gasteiger partial charge on any atom is -0.390 e. The predicted octanol–water partition coefficient (Wildman–Crippen LogP) is 0.699. The molecular formula is C12H20N4O2. The van der Waals surface area contributed by atoms with Crippen molar-refractivity contribution in [1.29, 1.82) is 0 Å². The normalized spacial score (nSPS) is 15.4. The lowest BCUT2D eigenvalue weighted by Gasteiger charge is -2.22. The molecule has 0 radical (unpaired) electrons. The highest BCUT2D eigenvalue weighted by Gasteiger charge is 2.21. The molecule has 0 unspecified atom stereocenters. The van der Waals surface area contributed by atoms with Gasteiger partial charge < -0.3 is 19.9 Å². The number of urea groups is 1.